The lowest BCUT2D eigenvalue weighted by Gasteiger charge is -2.18. The predicted octanol–water partition coefficient (Wildman–Crippen LogP) is 2.65. The number of rotatable bonds is 10. The molecule has 1 aromatic heterocycles. The first-order chi connectivity index (χ1) is 9.97. The molecule has 0 aliphatic rings. The summed E-state index contributed by atoms with van der Waals surface area (Å²) in [6.07, 6.45) is 0. The van der Waals surface area contributed by atoms with Crippen LogP contribution >= 0.6 is 27.2 Å². The van der Waals surface area contributed by atoms with E-state index in [4.69, 9.17) is 18.1 Å². The zero-order chi connectivity index (χ0) is 15.9. The van der Waals surface area contributed by atoms with Crippen LogP contribution in [0, 0.1) is 0 Å². The molecule has 0 radical (unpaired) electrons. The standard InChI is InChI=1S/C12H24O6P2S/c1-5-15-19(13,16-6-2)11-9-21-10-12(11)20(14,17-7-3)18-8-4/h9-10,13-14H,5-8H2,1-4H3/q+2. The Morgan fingerprint density at radius 1 is 0.762 bits per heavy atom. The van der Waals surface area contributed by atoms with Gasteiger partial charge in [0.15, 0.2) is 0 Å². The van der Waals surface area contributed by atoms with Crippen molar-refractivity contribution in [2.75, 3.05) is 26.4 Å². The SMILES string of the molecule is CCO[P+](O)(OCC)c1cscc1[P+](O)(OCC)OCC. The average molecular weight is 358 g/mol. The minimum absolute atomic E-state index is 0.305. The first-order valence-electron chi connectivity index (χ1n) is 6.86. The van der Waals surface area contributed by atoms with E-state index in [9.17, 15) is 9.79 Å². The topological polar surface area (TPSA) is 77.4 Å². The van der Waals surface area contributed by atoms with E-state index in [0.29, 0.717) is 37.0 Å². The minimum atomic E-state index is -3.24. The third-order valence-electron chi connectivity index (χ3n) is 2.45. The van der Waals surface area contributed by atoms with Crippen molar-refractivity contribution >= 4 is 37.8 Å². The Bertz CT molecular complexity index is 379. The average Bonchev–Trinajstić information content (AvgIpc) is 2.90. The summed E-state index contributed by atoms with van der Waals surface area (Å²) in [4.78, 5) is 21.4. The first-order valence-corrected chi connectivity index (χ1v) is 11.0. The molecule has 0 aromatic carbocycles. The molecule has 1 heterocycles. The molecule has 0 saturated heterocycles. The second-order valence-corrected chi connectivity index (χ2v) is 8.68. The van der Waals surface area contributed by atoms with Gasteiger partial charge in [-0.15, -0.1) is 11.3 Å². The third-order valence-corrected chi connectivity index (χ3v) is 8.11. The van der Waals surface area contributed by atoms with Gasteiger partial charge in [-0.05, 0) is 27.7 Å². The van der Waals surface area contributed by atoms with Crippen LogP contribution in [0.1, 0.15) is 27.7 Å². The van der Waals surface area contributed by atoms with E-state index in [2.05, 4.69) is 0 Å². The monoisotopic (exact) mass is 358 g/mol. The fraction of sp³-hybridized carbons (Fsp3) is 0.667. The quantitative estimate of drug-likeness (QED) is 0.626. The van der Waals surface area contributed by atoms with E-state index < -0.39 is 15.9 Å². The highest BCUT2D eigenvalue weighted by Crippen LogP contribution is 2.61. The van der Waals surface area contributed by atoms with Gasteiger partial charge in [0.25, 0.3) is 0 Å². The molecular weight excluding hydrogens is 334 g/mol. The number of hydrogen-bond acceptors (Lipinski definition) is 7. The fourth-order valence-electron chi connectivity index (χ4n) is 1.76. The predicted molar refractivity (Wildman–Crippen MR) is 88.4 cm³/mol. The lowest BCUT2D eigenvalue weighted by Crippen LogP contribution is -2.31. The van der Waals surface area contributed by atoms with E-state index in [1.807, 2.05) is 0 Å². The van der Waals surface area contributed by atoms with Crippen LogP contribution in [0.2, 0.25) is 0 Å². The minimum Gasteiger partial charge on any atom is -0.188 e. The number of hydrogen-bond donors (Lipinski definition) is 2. The van der Waals surface area contributed by atoms with Crippen LogP contribution in [0.3, 0.4) is 0 Å². The molecule has 0 spiro atoms. The molecule has 0 unspecified atom stereocenters. The van der Waals surface area contributed by atoms with Crippen LogP contribution in [0.15, 0.2) is 10.8 Å². The Balaban J connectivity index is 3.24. The molecule has 0 amide bonds. The highest BCUT2D eigenvalue weighted by atomic mass is 32.1. The van der Waals surface area contributed by atoms with Crippen molar-refractivity contribution in [1.29, 1.82) is 0 Å². The van der Waals surface area contributed by atoms with Gasteiger partial charge in [0.2, 0.25) is 10.6 Å². The molecule has 0 aliphatic carbocycles. The Morgan fingerprint density at radius 3 is 1.29 bits per heavy atom. The van der Waals surface area contributed by atoms with Crippen molar-refractivity contribution in [3.8, 4) is 0 Å². The number of thiophene rings is 1. The van der Waals surface area contributed by atoms with Gasteiger partial charge in [0, 0.05) is 10.8 Å². The molecule has 9 heteroatoms. The van der Waals surface area contributed by atoms with Crippen molar-refractivity contribution in [3.63, 3.8) is 0 Å². The molecule has 6 nitrogen and oxygen atoms in total. The summed E-state index contributed by atoms with van der Waals surface area (Å²) in [5.74, 6) is 0. The van der Waals surface area contributed by atoms with Gasteiger partial charge in [-0.1, -0.05) is 0 Å². The maximum absolute atomic E-state index is 10.7. The molecular formula is C12H24O6P2S+2. The Kier molecular flexibility index (Phi) is 8.14. The van der Waals surface area contributed by atoms with Crippen molar-refractivity contribution in [1.82, 2.24) is 0 Å². The molecule has 21 heavy (non-hydrogen) atoms. The molecule has 0 saturated carbocycles. The van der Waals surface area contributed by atoms with E-state index in [-0.39, 0.29) is 0 Å². The largest absolute Gasteiger partial charge is 0.451 e. The van der Waals surface area contributed by atoms with Crippen molar-refractivity contribution < 1.29 is 27.9 Å². The molecule has 122 valence electrons. The van der Waals surface area contributed by atoms with E-state index in [1.165, 1.54) is 11.3 Å². The third kappa shape index (κ3) is 4.64. The van der Waals surface area contributed by atoms with Crippen LogP contribution in [0.25, 0.3) is 0 Å². The molecule has 0 atom stereocenters. The van der Waals surface area contributed by atoms with Gasteiger partial charge < -0.3 is 0 Å². The van der Waals surface area contributed by atoms with E-state index in [1.54, 1.807) is 38.5 Å². The molecule has 1 aromatic rings. The summed E-state index contributed by atoms with van der Waals surface area (Å²) in [7, 11) is -6.47. The molecule has 0 bridgehead atoms. The Morgan fingerprint density at radius 2 is 1.05 bits per heavy atom. The summed E-state index contributed by atoms with van der Waals surface area (Å²) < 4.78 is 21.8. The van der Waals surface area contributed by atoms with Gasteiger partial charge >= 0.3 is 15.9 Å². The van der Waals surface area contributed by atoms with Crippen LogP contribution in [-0.2, 0) is 18.1 Å². The van der Waals surface area contributed by atoms with E-state index >= 15 is 0 Å². The van der Waals surface area contributed by atoms with Crippen LogP contribution in [-0.4, -0.2) is 36.2 Å². The first kappa shape index (κ1) is 19.4. The summed E-state index contributed by atoms with van der Waals surface area (Å²) in [6.45, 7) is 8.34. The van der Waals surface area contributed by atoms with Gasteiger partial charge in [-0.2, -0.15) is 27.9 Å². The van der Waals surface area contributed by atoms with E-state index in [0.717, 1.165) is 0 Å². The van der Waals surface area contributed by atoms with Gasteiger partial charge in [0.05, 0.1) is 26.4 Å². The zero-order valence-electron chi connectivity index (χ0n) is 12.8. The lowest BCUT2D eigenvalue weighted by molar-refractivity contribution is 0.196. The van der Waals surface area contributed by atoms with Gasteiger partial charge in [-0.3, -0.25) is 0 Å². The molecule has 2 N–H and O–H groups in total. The summed E-state index contributed by atoms with van der Waals surface area (Å²) in [5, 5.41) is 4.32. The lowest BCUT2D eigenvalue weighted by atomic mass is 10.7. The van der Waals surface area contributed by atoms with Crippen molar-refractivity contribution in [3.05, 3.63) is 10.8 Å². The maximum atomic E-state index is 10.7. The van der Waals surface area contributed by atoms with Crippen LogP contribution < -0.4 is 10.6 Å². The van der Waals surface area contributed by atoms with Gasteiger partial charge in [-0.25, -0.2) is 0 Å². The molecule has 0 fully saturated rings. The van der Waals surface area contributed by atoms with Crippen LogP contribution in [0.4, 0.5) is 0 Å². The normalized spacial score (nSPS) is 12.9. The second-order valence-electron chi connectivity index (χ2n) is 3.85. The van der Waals surface area contributed by atoms with Gasteiger partial charge in [0.1, 0.15) is 0 Å². The highest BCUT2D eigenvalue weighted by Gasteiger charge is 2.57. The Labute approximate surface area is 131 Å². The fourth-order valence-corrected chi connectivity index (χ4v) is 7.52. The van der Waals surface area contributed by atoms with Crippen molar-refractivity contribution in [2.45, 2.75) is 27.7 Å². The highest BCUT2D eigenvalue weighted by molar-refractivity contribution is 7.75. The summed E-state index contributed by atoms with van der Waals surface area (Å²) in [6, 6.07) is 0. The van der Waals surface area contributed by atoms with Crippen LogP contribution in [0.5, 0.6) is 0 Å². The molecule has 0 aliphatic heterocycles. The summed E-state index contributed by atoms with van der Waals surface area (Å²) >= 11 is 1.34. The summed E-state index contributed by atoms with van der Waals surface area (Å²) in [5.41, 5.74) is 0. The molecule has 1 rings (SSSR count). The van der Waals surface area contributed by atoms with Crippen molar-refractivity contribution in [2.24, 2.45) is 0 Å². The maximum Gasteiger partial charge on any atom is 0.451 e. The Hall–Kier alpha value is 0.320. The second kappa shape index (κ2) is 8.82. The zero-order valence-corrected chi connectivity index (χ0v) is 15.4. The smallest absolute Gasteiger partial charge is 0.188 e.